The Morgan fingerprint density at radius 3 is 2.38 bits per heavy atom. The summed E-state index contributed by atoms with van der Waals surface area (Å²) < 4.78 is 41.7. The van der Waals surface area contributed by atoms with E-state index in [-0.39, 0.29) is 20.0 Å². The SMILES string of the molecule is COCOCC[C@@H](COS(C)(=O)=O)NC(=O)OC(C)(C)C. The van der Waals surface area contributed by atoms with Gasteiger partial charge in [0.05, 0.1) is 25.5 Å². The van der Waals surface area contributed by atoms with Crippen LogP contribution in [0.4, 0.5) is 4.79 Å². The monoisotopic (exact) mass is 327 g/mol. The summed E-state index contributed by atoms with van der Waals surface area (Å²) >= 11 is 0. The predicted molar refractivity (Wildman–Crippen MR) is 76.4 cm³/mol. The Labute approximate surface area is 126 Å². The van der Waals surface area contributed by atoms with Crippen molar-refractivity contribution in [3.63, 3.8) is 0 Å². The van der Waals surface area contributed by atoms with E-state index < -0.39 is 27.9 Å². The topological polar surface area (TPSA) is 100 Å². The molecule has 1 atom stereocenters. The number of hydrogen-bond acceptors (Lipinski definition) is 7. The number of rotatable bonds is 9. The number of carbonyl (C=O) groups is 1. The highest BCUT2D eigenvalue weighted by Crippen LogP contribution is 2.07. The van der Waals surface area contributed by atoms with E-state index in [1.165, 1.54) is 7.11 Å². The molecule has 21 heavy (non-hydrogen) atoms. The molecule has 1 amide bonds. The summed E-state index contributed by atoms with van der Waals surface area (Å²) in [6.07, 6.45) is 0.660. The van der Waals surface area contributed by atoms with Gasteiger partial charge in [-0.15, -0.1) is 0 Å². The van der Waals surface area contributed by atoms with E-state index in [9.17, 15) is 13.2 Å². The lowest BCUT2D eigenvalue weighted by molar-refractivity contribution is -0.0341. The van der Waals surface area contributed by atoms with E-state index in [0.717, 1.165) is 6.26 Å². The summed E-state index contributed by atoms with van der Waals surface area (Å²) in [5.41, 5.74) is -0.640. The van der Waals surface area contributed by atoms with Crippen LogP contribution >= 0.6 is 0 Å². The molecular formula is C12H25NO7S. The van der Waals surface area contributed by atoms with Gasteiger partial charge in [-0.25, -0.2) is 4.79 Å². The third-order valence-corrected chi connectivity index (χ3v) is 2.58. The molecule has 0 saturated heterocycles. The molecule has 0 radical (unpaired) electrons. The van der Waals surface area contributed by atoms with Crippen LogP contribution < -0.4 is 5.32 Å². The number of nitrogens with one attached hydrogen (secondary N) is 1. The van der Waals surface area contributed by atoms with Crippen molar-refractivity contribution in [3.05, 3.63) is 0 Å². The second-order valence-corrected chi connectivity index (χ2v) is 7.08. The number of amides is 1. The van der Waals surface area contributed by atoms with Crippen molar-refractivity contribution in [1.29, 1.82) is 0 Å². The third kappa shape index (κ3) is 13.8. The van der Waals surface area contributed by atoms with Gasteiger partial charge in [-0.1, -0.05) is 0 Å². The van der Waals surface area contributed by atoms with Crippen LogP contribution in [0.3, 0.4) is 0 Å². The molecule has 8 nitrogen and oxygen atoms in total. The molecule has 0 rings (SSSR count). The minimum absolute atomic E-state index is 0.117. The summed E-state index contributed by atoms with van der Waals surface area (Å²) in [6, 6.07) is -0.550. The van der Waals surface area contributed by atoms with Crippen LogP contribution in [0.1, 0.15) is 27.2 Å². The molecule has 0 aromatic carbocycles. The van der Waals surface area contributed by atoms with Gasteiger partial charge < -0.3 is 19.5 Å². The van der Waals surface area contributed by atoms with Crippen molar-refractivity contribution in [3.8, 4) is 0 Å². The second-order valence-electron chi connectivity index (χ2n) is 5.44. The summed E-state index contributed by atoms with van der Waals surface area (Å²) in [5, 5.41) is 2.55. The van der Waals surface area contributed by atoms with Crippen molar-refractivity contribution >= 4 is 16.2 Å². The Morgan fingerprint density at radius 2 is 1.90 bits per heavy atom. The summed E-state index contributed by atoms with van der Waals surface area (Å²) in [5.74, 6) is 0. The quantitative estimate of drug-likeness (QED) is 0.381. The number of carbonyl (C=O) groups excluding carboxylic acids is 1. The Balaban J connectivity index is 4.38. The molecule has 0 spiro atoms. The van der Waals surface area contributed by atoms with Gasteiger partial charge >= 0.3 is 6.09 Å². The first-order valence-corrected chi connectivity index (χ1v) is 8.26. The standard InChI is InChI=1S/C12H25NO7S/c1-12(2,3)20-11(14)13-10(6-7-18-9-17-4)8-19-21(5,15)16/h10H,6-9H2,1-5H3,(H,13,14)/t10-/m0/s1. The van der Waals surface area contributed by atoms with Crippen LogP contribution in [0.25, 0.3) is 0 Å². The van der Waals surface area contributed by atoms with Crippen molar-refractivity contribution in [1.82, 2.24) is 5.32 Å². The van der Waals surface area contributed by atoms with Crippen LogP contribution in [0, 0.1) is 0 Å². The zero-order valence-electron chi connectivity index (χ0n) is 13.2. The molecule has 0 bridgehead atoms. The number of ether oxygens (including phenoxy) is 3. The van der Waals surface area contributed by atoms with Crippen molar-refractivity contribution < 1.29 is 31.6 Å². The molecule has 0 aliphatic carbocycles. The van der Waals surface area contributed by atoms with Gasteiger partial charge in [0, 0.05) is 7.11 Å². The smallest absolute Gasteiger partial charge is 0.407 e. The first kappa shape index (κ1) is 20.1. The molecule has 0 aromatic heterocycles. The van der Waals surface area contributed by atoms with Crippen molar-refractivity contribution in [2.45, 2.75) is 38.8 Å². The Hall–Kier alpha value is -0.900. The zero-order valence-corrected chi connectivity index (χ0v) is 14.0. The van der Waals surface area contributed by atoms with Gasteiger partial charge in [0.15, 0.2) is 0 Å². The van der Waals surface area contributed by atoms with E-state index in [1.54, 1.807) is 20.8 Å². The van der Waals surface area contributed by atoms with Gasteiger partial charge in [-0.3, -0.25) is 4.18 Å². The van der Waals surface area contributed by atoms with Crippen LogP contribution in [0.15, 0.2) is 0 Å². The van der Waals surface area contributed by atoms with Gasteiger partial charge in [0.1, 0.15) is 12.4 Å². The minimum atomic E-state index is -3.58. The first-order valence-electron chi connectivity index (χ1n) is 6.44. The lowest BCUT2D eigenvalue weighted by atomic mass is 10.2. The van der Waals surface area contributed by atoms with Gasteiger partial charge in [-0.2, -0.15) is 8.42 Å². The molecule has 1 N–H and O–H groups in total. The Kier molecular flexibility index (Phi) is 8.79. The highest BCUT2D eigenvalue weighted by molar-refractivity contribution is 7.85. The van der Waals surface area contributed by atoms with Crippen LogP contribution in [-0.4, -0.2) is 59.5 Å². The lowest BCUT2D eigenvalue weighted by Crippen LogP contribution is -2.42. The predicted octanol–water partition coefficient (Wildman–Crippen LogP) is 0.866. The van der Waals surface area contributed by atoms with E-state index in [0.29, 0.717) is 6.42 Å². The maximum absolute atomic E-state index is 11.7. The molecule has 0 aliphatic heterocycles. The van der Waals surface area contributed by atoms with Crippen LogP contribution in [0.2, 0.25) is 0 Å². The van der Waals surface area contributed by atoms with Crippen molar-refractivity contribution in [2.24, 2.45) is 0 Å². The molecule has 0 aliphatic rings. The molecule has 0 unspecified atom stereocenters. The molecule has 0 heterocycles. The van der Waals surface area contributed by atoms with Gasteiger partial charge in [0.25, 0.3) is 10.1 Å². The summed E-state index contributed by atoms with van der Waals surface area (Å²) in [4.78, 5) is 11.7. The summed E-state index contributed by atoms with van der Waals surface area (Å²) in [6.45, 7) is 5.41. The molecular weight excluding hydrogens is 302 g/mol. The number of hydrogen-bond donors (Lipinski definition) is 1. The molecule has 126 valence electrons. The minimum Gasteiger partial charge on any atom is -0.444 e. The van der Waals surface area contributed by atoms with Crippen LogP contribution in [-0.2, 0) is 28.5 Å². The highest BCUT2D eigenvalue weighted by atomic mass is 32.2. The normalized spacial score (nSPS) is 13.8. The largest absolute Gasteiger partial charge is 0.444 e. The fraction of sp³-hybridized carbons (Fsp3) is 0.917. The highest BCUT2D eigenvalue weighted by Gasteiger charge is 2.20. The van der Waals surface area contributed by atoms with Crippen molar-refractivity contribution in [2.75, 3.05) is 33.4 Å². The average molecular weight is 327 g/mol. The number of alkyl carbamates (subject to hydrolysis) is 1. The second kappa shape index (κ2) is 9.19. The fourth-order valence-corrected chi connectivity index (χ4v) is 1.66. The van der Waals surface area contributed by atoms with Crippen LogP contribution in [0.5, 0.6) is 0 Å². The fourth-order valence-electron chi connectivity index (χ4n) is 1.24. The lowest BCUT2D eigenvalue weighted by Gasteiger charge is -2.23. The maximum Gasteiger partial charge on any atom is 0.407 e. The Morgan fingerprint density at radius 1 is 1.29 bits per heavy atom. The van der Waals surface area contributed by atoms with Gasteiger partial charge in [-0.05, 0) is 27.2 Å². The molecule has 0 saturated carbocycles. The van der Waals surface area contributed by atoms with E-state index in [4.69, 9.17) is 18.4 Å². The maximum atomic E-state index is 11.7. The average Bonchev–Trinajstić information content (AvgIpc) is 2.27. The zero-order chi connectivity index (χ0) is 16.5. The molecule has 0 fully saturated rings. The first-order chi connectivity index (χ1) is 9.53. The summed E-state index contributed by atoms with van der Waals surface area (Å²) in [7, 11) is -2.09. The third-order valence-electron chi connectivity index (χ3n) is 2.02. The van der Waals surface area contributed by atoms with E-state index in [2.05, 4.69) is 5.32 Å². The number of methoxy groups -OCH3 is 1. The Bertz CT molecular complexity index is 402. The molecule has 0 aromatic rings. The van der Waals surface area contributed by atoms with E-state index in [1.807, 2.05) is 0 Å². The molecule has 9 heteroatoms. The van der Waals surface area contributed by atoms with Gasteiger partial charge in [0.2, 0.25) is 0 Å². The van der Waals surface area contributed by atoms with E-state index >= 15 is 0 Å².